The van der Waals surface area contributed by atoms with Crippen molar-refractivity contribution in [2.75, 3.05) is 44.7 Å². The van der Waals surface area contributed by atoms with Crippen LogP contribution in [0.5, 0.6) is 5.75 Å². The molecule has 1 aliphatic carbocycles. The summed E-state index contributed by atoms with van der Waals surface area (Å²) in [6.45, 7) is 4.18. The SMILES string of the molecule is COc1cc(F)ccc1N1CCN(CCC(C(=O)C2CCCCC2)c2ccccc2C#N)CC1. The molecule has 180 valence electrons. The van der Waals surface area contributed by atoms with Gasteiger partial charge in [0, 0.05) is 44.1 Å². The molecule has 0 N–H and O–H groups in total. The number of hydrogen-bond acceptors (Lipinski definition) is 5. The van der Waals surface area contributed by atoms with Crippen molar-refractivity contribution in [1.29, 1.82) is 5.26 Å². The molecular weight excluding hydrogens is 429 g/mol. The van der Waals surface area contributed by atoms with Crippen molar-refractivity contribution in [3.8, 4) is 11.8 Å². The maximum atomic E-state index is 13.6. The highest BCUT2D eigenvalue weighted by atomic mass is 19.1. The Morgan fingerprint density at radius 1 is 1.12 bits per heavy atom. The second kappa shape index (κ2) is 11.5. The van der Waals surface area contributed by atoms with Crippen molar-refractivity contribution in [2.45, 2.75) is 44.4 Å². The number of halogens is 1. The highest BCUT2D eigenvalue weighted by Gasteiger charge is 2.31. The fourth-order valence-electron chi connectivity index (χ4n) is 5.46. The van der Waals surface area contributed by atoms with Crippen molar-refractivity contribution >= 4 is 11.5 Å². The summed E-state index contributed by atoms with van der Waals surface area (Å²) < 4.78 is 19.0. The van der Waals surface area contributed by atoms with Gasteiger partial charge in [0.25, 0.3) is 0 Å². The number of hydrogen-bond donors (Lipinski definition) is 0. The quantitative estimate of drug-likeness (QED) is 0.542. The molecule has 1 saturated carbocycles. The first-order valence-electron chi connectivity index (χ1n) is 12.4. The first kappa shape index (κ1) is 24.2. The zero-order valence-corrected chi connectivity index (χ0v) is 20.0. The molecule has 4 rings (SSSR count). The van der Waals surface area contributed by atoms with Crippen LogP contribution in [-0.4, -0.2) is 50.5 Å². The minimum Gasteiger partial charge on any atom is -0.494 e. The van der Waals surface area contributed by atoms with Crippen LogP contribution >= 0.6 is 0 Å². The minimum absolute atomic E-state index is 0.119. The van der Waals surface area contributed by atoms with Crippen LogP contribution in [0.4, 0.5) is 10.1 Å². The van der Waals surface area contributed by atoms with Crippen LogP contribution in [0.25, 0.3) is 0 Å². The summed E-state index contributed by atoms with van der Waals surface area (Å²) in [6.07, 6.45) is 6.14. The molecule has 6 heteroatoms. The predicted octanol–water partition coefficient (Wildman–Crippen LogP) is 5.15. The molecule has 0 bridgehead atoms. The molecular formula is C28H34FN3O2. The molecule has 0 radical (unpaired) electrons. The first-order valence-corrected chi connectivity index (χ1v) is 12.4. The predicted molar refractivity (Wildman–Crippen MR) is 132 cm³/mol. The lowest BCUT2D eigenvalue weighted by Gasteiger charge is -2.37. The lowest BCUT2D eigenvalue weighted by molar-refractivity contribution is -0.125. The number of benzene rings is 2. The Labute approximate surface area is 202 Å². The van der Waals surface area contributed by atoms with Crippen LogP contribution in [0, 0.1) is 23.1 Å². The Balaban J connectivity index is 1.42. The van der Waals surface area contributed by atoms with Gasteiger partial charge in [0.05, 0.1) is 24.4 Å². The molecule has 2 aromatic rings. The Bertz CT molecular complexity index is 1020. The lowest BCUT2D eigenvalue weighted by Crippen LogP contribution is -2.47. The number of anilines is 1. The summed E-state index contributed by atoms with van der Waals surface area (Å²) in [4.78, 5) is 18.2. The number of ketones is 1. The molecule has 2 fully saturated rings. The number of Topliss-reactive ketones (excluding diaryl/α,β-unsaturated/α-hetero) is 1. The molecule has 1 aliphatic heterocycles. The molecule has 1 saturated heterocycles. The molecule has 0 spiro atoms. The zero-order valence-electron chi connectivity index (χ0n) is 20.0. The average Bonchev–Trinajstić information content (AvgIpc) is 2.89. The zero-order chi connectivity index (χ0) is 23.9. The van der Waals surface area contributed by atoms with E-state index in [9.17, 15) is 14.4 Å². The van der Waals surface area contributed by atoms with Crippen molar-refractivity contribution in [3.05, 3.63) is 59.4 Å². The van der Waals surface area contributed by atoms with E-state index in [-0.39, 0.29) is 17.7 Å². The summed E-state index contributed by atoms with van der Waals surface area (Å²) in [5.41, 5.74) is 2.41. The third-order valence-corrected chi connectivity index (χ3v) is 7.40. The maximum Gasteiger partial charge on any atom is 0.145 e. The molecule has 2 aliphatic rings. The molecule has 0 amide bonds. The Hall–Kier alpha value is -2.91. The average molecular weight is 464 g/mol. The molecule has 1 heterocycles. The monoisotopic (exact) mass is 463 g/mol. The Morgan fingerprint density at radius 2 is 1.85 bits per heavy atom. The molecule has 0 aromatic heterocycles. The summed E-state index contributed by atoms with van der Waals surface area (Å²) in [7, 11) is 1.57. The van der Waals surface area contributed by atoms with Crippen molar-refractivity contribution < 1.29 is 13.9 Å². The molecule has 2 aromatic carbocycles. The number of carbonyl (C=O) groups is 1. The number of methoxy groups -OCH3 is 1. The topological polar surface area (TPSA) is 56.6 Å². The van der Waals surface area contributed by atoms with E-state index in [1.165, 1.54) is 18.6 Å². The van der Waals surface area contributed by atoms with E-state index >= 15 is 0 Å². The number of rotatable bonds is 8. The maximum absolute atomic E-state index is 13.6. The molecule has 5 nitrogen and oxygen atoms in total. The molecule has 34 heavy (non-hydrogen) atoms. The van der Waals surface area contributed by atoms with Gasteiger partial charge < -0.3 is 9.64 Å². The van der Waals surface area contributed by atoms with Gasteiger partial charge in [0.1, 0.15) is 17.3 Å². The van der Waals surface area contributed by atoms with Gasteiger partial charge in [0.2, 0.25) is 0 Å². The van der Waals surface area contributed by atoms with Crippen molar-refractivity contribution in [2.24, 2.45) is 5.92 Å². The second-order valence-electron chi connectivity index (χ2n) is 9.42. The summed E-state index contributed by atoms with van der Waals surface area (Å²) >= 11 is 0. The van der Waals surface area contributed by atoms with E-state index in [2.05, 4.69) is 15.9 Å². The Kier molecular flexibility index (Phi) is 8.18. The second-order valence-corrected chi connectivity index (χ2v) is 9.42. The molecule has 1 unspecified atom stereocenters. The molecule has 1 atom stereocenters. The van der Waals surface area contributed by atoms with E-state index < -0.39 is 0 Å². The Morgan fingerprint density at radius 3 is 2.56 bits per heavy atom. The van der Waals surface area contributed by atoms with Crippen LogP contribution in [-0.2, 0) is 4.79 Å². The number of nitrogens with zero attached hydrogens (tertiary/aromatic N) is 3. The van der Waals surface area contributed by atoms with Gasteiger partial charge in [-0.1, -0.05) is 37.5 Å². The van der Waals surface area contributed by atoms with Gasteiger partial charge in [-0.2, -0.15) is 5.26 Å². The van der Waals surface area contributed by atoms with Crippen LogP contribution in [0.3, 0.4) is 0 Å². The number of ether oxygens (including phenoxy) is 1. The van der Waals surface area contributed by atoms with Crippen LogP contribution in [0.1, 0.15) is 55.6 Å². The highest BCUT2D eigenvalue weighted by molar-refractivity contribution is 5.88. The number of piperazine rings is 1. The van der Waals surface area contributed by atoms with Gasteiger partial charge in [-0.25, -0.2) is 4.39 Å². The fraction of sp³-hybridized carbons (Fsp3) is 0.500. The van der Waals surface area contributed by atoms with Gasteiger partial charge >= 0.3 is 0 Å². The van der Waals surface area contributed by atoms with Crippen LogP contribution in [0.15, 0.2) is 42.5 Å². The largest absolute Gasteiger partial charge is 0.494 e. The van der Waals surface area contributed by atoms with Gasteiger partial charge in [0.15, 0.2) is 0 Å². The lowest BCUT2D eigenvalue weighted by atomic mass is 9.77. The van der Waals surface area contributed by atoms with Gasteiger partial charge in [-0.3, -0.25) is 9.69 Å². The smallest absolute Gasteiger partial charge is 0.145 e. The number of nitriles is 1. The van der Waals surface area contributed by atoms with E-state index in [4.69, 9.17) is 4.74 Å². The minimum atomic E-state index is -0.300. The van der Waals surface area contributed by atoms with Crippen molar-refractivity contribution in [1.82, 2.24) is 4.90 Å². The van der Waals surface area contributed by atoms with E-state index in [1.54, 1.807) is 13.2 Å². The van der Waals surface area contributed by atoms with Gasteiger partial charge in [-0.05, 0) is 49.6 Å². The highest BCUT2D eigenvalue weighted by Crippen LogP contribution is 2.34. The summed E-state index contributed by atoms with van der Waals surface area (Å²) in [5.74, 6) is 0.463. The van der Waals surface area contributed by atoms with E-state index in [0.717, 1.165) is 76.1 Å². The normalized spacial score (nSPS) is 18.3. The van der Waals surface area contributed by atoms with Crippen LogP contribution < -0.4 is 9.64 Å². The van der Waals surface area contributed by atoms with Crippen LogP contribution in [0.2, 0.25) is 0 Å². The van der Waals surface area contributed by atoms with Gasteiger partial charge in [-0.15, -0.1) is 0 Å². The summed E-state index contributed by atoms with van der Waals surface area (Å²) in [6, 6.07) is 14.6. The van der Waals surface area contributed by atoms with Crippen molar-refractivity contribution in [3.63, 3.8) is 0 Å². The van der Waals surface area contributed by atoms with E-state index in [1.807, 2.05) is 24.3 Å². The summed E-state index contributed by atoms with van der Waals surface area (Å²) in [5, 5.41) is 9.66. The first-order chi connectivity index (χ1) is 16.6. The third-order valence-electron chi connectivity index (χ3n) is 7.40. The fourth-order valence-corrected chi connectivity index (χ4v) is 5.46. The third kappa shape index (κ3) is 5.59. The van der Waals surface area contributed by atoms with E-state index in [0.29, 0.717) is 17.1 Å². The standard InChI is InChI=1S/C28H34FN3O2/c1-34-27-19-23(29)11-12-26(27)32-17-15-31(16-18-32)14-13-25(24-10-6-5-9-22(24)20-30)28(33)21-7-3-2-4-8-21/h5-6,9-12,19,21,25H,2-4,7-8,13-18H2,1H3. The number of carbonyl (C=O) groups excluding carboxylic acids is 1.